The van der Waals surface area contributed by atoms with Crippen LogP contribution in [0.4, 0.5) is 0 Å². The maximum absolute atomic E-state index is 12.5. The molecule has 0 bridgehead atoms. The first-order valence-electron chi connectivity index (χ1n) is 6.61. The maximum atomic E-state index is 12.5. The third-order valence-corrected chi connectivity index (χ3v) is 3.29. The van der Waals surface area contributed by atoms with Gasteiger partial charge in [-0.15, -0.1) is 0 Å². The van der Waals surface area contributed by atoms with Gasteiger partial charge in [-0.25, -0.2) is 0 Å². The van der Waals surface area contributed by atoms with Gasteiger partial charge in [0.15, 0.2) is 0 Å². The summed E-state index contributed by atoms with van der Waals surface area (Å²) in [6.45, 7) is 4.07. The van der Waals surface area contributed by atoms with Crippen LogP contribution < -0.4 is 11.1 Å². The van der Waals surface area contributed by atoms with Crippen LogP contribution in [0.1, 0.15) is 22.3 Å². The first-order valence-corrected chi connectivity index (χ1v) is 6.61. The van der Waals surface area contributed by atoms with Crippen molar-refractivity contribution in [3.05, 3.63) is 35.4 Å². The highest BCUT2D eigenvalue weighted by atomic mass is 16.2. The van der Waals surface area contributed by atoms with Crippen molar-refractivity contribution in [3.63, 3.8) is 0 Å². The molecule has 1 aliphatic heterocycles. The van der Waals surface area contributed by atoms with Crippen LogP contribution in [0.3, 0.4) is 0 Å². The van der Waals surface area contributed by atoms with Gasteiger partial charge in [-0.2, -0.15) is 0 Å². The Labute approximate surface area is 108 Å². The van der Waals surface area contributed by atoms with Gasteiger partial charge in [0.2, 0.25) is 0 Å². The molecule has 0 radical (unpaired) electrons. The summed E-state index contributed by atoms with van der Waals surface area (Å²) in [7, 11) is 0. The molecule has 98 valence electrons. The lowest BCUT2D eigenvalue weighted by Crippen LogP contribution is -2.34. The molecule has 0 saturated carbocycles. The number of benzene rings is 1. The maximum Gasteiger partial charge on any atom is 0.254 e. The van der Waals surface area contributed by atoms with E-state index in [2.05, 4.69) is 5.32 Å². The van der Waals surface area contributed by atoms with Crippen LogP contribution >= 0.6 is 0 Å². The lowest BCUT2D eigenvalue weighted by molar-refractivity contribution is 0.0765. The van der Waals surface area contributed by atoms with Crippen LogP contribution in [0, 0.1) is 0 Å². The fourth-order valence-electron chi connectivity index (χ4n) is 2.32. The molecular formula is C14H21N3O. The minimum absolute atomic E-state index is 0.141. The molecule has 18 heavy (non-hydrogen) atoms. The van der Waals surface area contributed by atoms with E-state index in [1.807, 2.05) is 29.2 Å². The molecule has 0 aliphatic carbocycles. The first-order chi connectivity index (χ1) is 8.83. The largest absolute Gasteiger partial charge is 0.337 e. The van der Waals surface area contributed by atoms with Gasteiger partial charge in [0.05, 0.1) is 0 Å². The van der Waals surface area contributed by atoms with Crippen molar-refractivity contribution in [1.29, 1.82) is 0 Å². The van der Waals surface area contributed by atoms with E-state index < -0.39 is 0 Å². The highest BCUT2D eigenvalue weighted by Crippen LogP contribution is 2.13. The number of hydrogen-bond donors (Lipinski definition) is 2. The Kier molecular flexibility index (Phi) is 4.73. The van der Waals surface area contributed by atoms with Gasteiger partial charge >= 0.3 is 0 Å². The number of hydrogen-bond acceptors (Lipinski definition) is 3. The lowest BCUT2D eigenvalue weighted by Gasteiger charge is -2.21. The van der Waals surface area contributed by atoms with Crippen LogP contribution in [0.15, 0.2) is 24.3 Å². The number of nitrogens with one attached hydrogen (secondary N) is 1. The van der Waals surface area contributed by atoms with Crippen LogP contribution in [-0.2, 0) is 6.42 Å². The van der Waals surface area contributed by atoms with Crippen molar-refractivity contribution < 1.29 is 4.79 Å². The molecule has 3 N–H and O–H groups in total. The quantitative estimate of drug-likeness (QED) is 0.823. The summed E-state index contributed by atoms with van der Waals surface area (Å²) >= 11 is 0. The second-order valence-corrected chi connectivity index (χ2v) is 4.59. The van der Waals surface area contributed by atoms with Gasteiger partial charge in [-0.1, -0.05) is 18.2 Å². The number of carbonyl (C=O) groups excluding carboxylic acids is 1. The zero-order valence-corrected chi connectivity index (χ0v) is 10.7. The minimum atomic E-state index is 0.141. The molecule has 0 unspecified atom stereocenters. The van der Waals surface area contributed by atoms with Gasteiger partial charge < -0.3 is 16.0 Å². The third-order valence-electron chi connectivity index (χ3n) is 3.29. The molecule has 2 rings (SSSR count). The molecule has 1 amide bonds. The molecule has 1 aromatic rings. The van der Waals surface area contributed by atoms with Gasteiger partial charge in [-0.05, 0) is 37.6 Å². The van der Waals surface area contributed by atoms with E-state index in [0.29, 0.717) is 6.54 Å². The van der Waals surface area contributed by atoms with Gasteiger partial charge in [-0.3, -0.25) is 4.79 Å². The Morgan fingerprint density at radius 2 is 2.11 bits per heavy atom. The molecule has 4 heteroatoms. The number of carbonyl (C=O) groups is 1. The number of nitrogens with two attached hydrogens (primary N) is 1. The Hall–Kier alpha value is -1.39. The third kappa shape index (κ3) is 3.09. The summed E-state index contributed by atoms with van der Waals surface area (Å²) in [5.41, 5.74) is 7.47. The van der Waals surface area contributed by atoms with Gasteiger partial charge in [0, 0.05) is 25.2 Å². The number of rotatable bonds is 3. The summed E-state index contributed by atoms with van der Waals surface area (Å²) < 4.78 is 0. The zero-order chi connectivity index (χ0) is 12.8. The molecule has 1 heterocycles. The van der Waals surface area contributed by atoms with Crippen LogP contribution in [0.5, 0.6) is 0 Å². The molecule has 1 aliphatic rings. The number of nitrogens with zero attached hydrogens (tertiary/aromatic N) is 1. The Morgan fingerprint density at radius 1 is 1.28 bits per heavy atom. The average molecular weight is 247 g/mol. The molecule has 1 fully saturated rings. The van der Waals surface area contributed by atoms with Crippen molar-refractivity contribution in [3.8, 4) is 0 Å². The fraction of sp³-hybridized carbons (Fsp3) is 0.500. The first kappa shape index (κ1) is 13.1. The molecule has 1 saturated heterocycles. The summed E-state index contributed by atoms with van der Waals surface area (Å²) in [5, 5.41) is 3.31. The zero-order valence-electron chi connectivity index (χ0n) is 10.7. The van der Waals surface area contributed by atoms with Gasteiger partial charge in [0.25, 0.3) is 5.91 Å². The molecule has 1 aromatic carbocycles. The van der Waals surface area contributed by atoms with Crippen molar-refractivity contribution in [1.82, 2.24) is 10.2 Å². The molecule has 0 atom stereocenters. The summed E-state index contributed by atoms with van der Waals surface area (Å²) in [6, 6.07) is 7.79. The van der Waals surface area contributed by atoms with E-state index in [4.69, 9.17) is 5.73 Å². The van der Waals surface area contributed by atoms with Crippen molar-refractivity contribution in [2.45, 2.75) is 12.8 Å². The minimum Gasteiger partial charge on any atom is -0.337 e. The van der Waals surface area contributed by atoms with E-state index in [0.717, 1.165) is 50.1 Å². The molecular weight excluding hydrogens is 226 g/mol. The van der Waals surface area contributed by atoms with E-state index in [1.54, 1.807) is 0 Å². The van der Waals surface area contributed by atoms with Crippen LogP contribution in [0.25, 0.3) is 0 Å². The summed E-state index contributed by atoms with van der Waals surface area (Å²) in [6.07, 6.45) is 1.78. The van der Waals surface area contributed by atoms with E-state index in [9.17, 15) is 4.79 Å². The number of amides is 1. The average Bonchev–Trinajstić information content (AvgIpc) is 2.68. The fourth-order valence-corrected chi connectivity index (χ4v) is 2.32. The predicted octanol–water partition coefficient (Wildman–Crippen LogP) is 0.623. The highest BCUT2D eigenvalue weighted by Gasteiger charge is 2.18. The summed E-state index contributed by atoms with van der Waals surface area (Å²) in [5.74, 6) is 0.141. The predicted molar refractivity (Wildman–Crippen MR) is 72.6 cm³/mol. The van der Waals surface area contributed by atoms with Crippen molar-refractivity contribution >= 4 is 5.91 Å². The van der Waals surface area contributed by atoms with Crippen molar-refractivity contribution in [2.75, 3.05) is 32.7 Å². The smallest absolute Gasteiger partial charge is 0.254 e. The second kappa shape index (κ2) is 6.52. The highest BCUT2D eigenvalue weighted by molar-refractivity contribution is 5.95. The standard InChI is InChI=1S/C14H21N3O/c15-7-6-12-4-1-2-5-13(12)14(18)17-10-3-8-16-9-11-17/h1-2,4-5,16H,3,6-11,15H2. The van der Waals surface area contributed by atoms with Crippen LogP contribution in [0.2, 0.25) is 0 Å². The molecule has 4 nitrogen and oxygen atoms in total. The molecule has 0 aromatic heterocycles. The second-order valence-electron chi connectivity index (χ2n) is 4.59. The Balaban J connectivity index is 2.16. The SMILES string of the molecule is NCCc1ccccc1C(=O)N1CCCNCC1. The van der Waals surface area contributed by atoms with Crippen molar-refractivity contribution in [2.24, 2.45) is 5.73 Å². The Morgan fingerprint density at radius 3 is 2.94 bits per heavy atom. The van der Waals surface area contributed by atoms with E-state index in [-0.39, 0.29) is 5.91 Å². The van der Waals surface area contributed by atoms with Gasteiger partial charge in [0.1, 0.15) is 0 Å². The topological polar surface area (TPSA) is 58.4 Å². The van der Waals surface area contributed by atoms with E-state index >= 15 is 0 Å². The van der Waals surface area contributed by atoms with E-state index in [1.165, 1.54) is 0 Å². The summed E-state index contributed by atoms with van der Waals surface area (Å²) in [4.78, 5) is 14.4. The Bertz CT molecular complexity index is 398. The monoisotopic (exact) mass is 247 g/mol. The normalized spacial score (nSPS) is 16.4. The molecule has 0 spiro atoms. The lowest BCUT2D eigenvalue weighted by atomic mass is 10.0. The van der Waals surface area contributed by atoms with Crippen LogP contribution in [-0.4, -0.2) is 43.5 Å².